The van der Waals surface area contributed by atoms with Gasteiger partial charge in [-0.25, -0.2) is 4.79 Å². The molecule has 88 valence electrons. The van der Waals surface area contributed by atoms with Gasteiger partial charge in [-0.1, -0.05) is 44.9 Å². The van der Waals surface area contributed by atoms with Crippen LogP contribution in [0.3, 0.4) is 0 Å². The van der Waals surface area contributed by atoms with Crippen molar-refractivity contribution in [1.29, 1.82) is 0 Å². The second-order valence-corrected chi connectivity index (χ2v) is 4.51. The first-order chi connectivity index (χ1) is 7.30. The molecule has 0 aromatic heterocycles. The van der Waals surface area contributed by atoms with Crippen LogP contribution < -0.4 is 5.73 Å². The van der Waals surface area contributed by atoms with Crippen LogP contribution in [0.2, 0.25) is 0 Å². The van der Waals surface area contributed by atoms with Gasteiger partial charge in [-0.3, -0.25) is 0 Å². The van der Waals surface area contributed by atoms with Crippen LogP contribution in [0.25, 0.3) is 0 Å². The maximum absolute atomic E-state index is 11.1. The lowest BCUT2D eigenvalue weighted by atomic mass is 10.1. The largest absolute Gasteiger partial charge is 0.351 e. The van der Waals surface area contributed by atoms with Gasteiger partial charge in [0, 0.05) is 13.1 Å². The maximum atomic E-state index is 11.1. The van der Waals surface area contributed by atoms with Gasteiger partial charge in [0.25, 0.3) is 0 Å². The van der Waals surface area contributed by atoms with E-state index in [1.54, 1.807) is 0 Å². The maximum Gasteiger partial charge on any atom is 0.314 e. The molecule has 1 rings (SSSR count). The lowest BCUT2D eigenvalue weighted by Gasteiger charge is -2.20. The van der Waals surface area contributed by atoms with Crippen molar-refractivity contribution in [2.45, 2.75) is 57.8 Å². The molecule has 0 atom stereocenters. The van der Waals surface area contributed by atoms with E-state index in [-0.39, 0.29) is 6.03 Å². The van der Waals surface area contributed by atoms with Crippen molar-refractivity contribution in [2.75, 3.05) is 13.1 Å². The summed E-state index contributed by atoms with van der Waals surface area (Å²) in [4.78, 5) is 12.9. The minimum Gasteiger partial charge on any atom is -0.351 e. The normalized spacial score (nSPS) is 21.5. The molecule has 1 aliphatic heterocycles. The van der Waals surface area contributed by atoms with Crippen LogP contribution in [0.1, 0.15) is 57.8 Å². The fourth-order valence-corrected chi connectivity index (χ4v) is 2.17. The van der Waals surface area contributed by atoms with Crippen molar-refractivity contribution in [1.82, 2.24) is 4.90 Å². The summed E-state index contributed by atoms with van der Waals surface area (Å²) in [6.07, 6.45) is 11.4. The molecule has 1 fully saturated rings. The highest BCUT2D eigenvalue weighted by Gasteiger charge is 2.08. The summed E-state index contributed by atoms with van der Waals surface area (Å²) in [7, 11) is 0. The third kappa shape index (κ3) is 5.65. The van der Waals surface area contributed by atoms with Gasteiger partial charge in [-0.2, -0.15) is 0 Å². The van der Waals surface area contributed by atoms with E-state index in [0.717, 1.165) is 25.9 Å². The van der Waals surface area contributed by atoms with Crippen molar-refractivity contribution in [2.24, 2.45) is 5.73 Å². The molecule has 0 spiro atoms. The standard InChI is InChI=1S/C12H24N2O/c13-12(15)14-10-8-6-4-2-1-3-5-7-9-11-14/h1-11H2,(H2,13,15). The van der Waals surface area contributed by atoms with Crippen LogP contribution in [-0.2, 0) is 0 Å². The summed E-state index contributed by atoms with van der Waals surface area (Å²) in [5.74, 6) is 0. The van der Waals surface area contributed by atoms with Gasteiger partial charge in [-0.15, -0.1) is 0 Å². The smallest absolute Gasteiger partial charge is 0.314 e. The molecule has 0 aliphatic carbocycles. The Kier molecular flexibility index (Phi) is 6.21. The molecule has 1 heterocycles. The number of amides is 2. The average molecular weight is 212 g/mol. The van der Waals surface area contributed by atoms with Gasteiger partial charge in [-0.05, 0) is 12.8 Å². The highest BCUT2D eigenvalue weighted by molar-refractivity contribution is 5.71. The Bertz CT molecular complexity index is 170. The quantitative estimate of drug-likeness (QED) is 0.659. The number of carbonyl (C=O) groups excluding carboxylic acids is 1. The van der Waals surface area contributed by atoms with Crippen LogP contribution in [0.5, 0.6) is 0 Å². The number of nitrogens with two attached hydrogens (primary N) is 1. The molecule has 0 aromatic carbocycles. The first-order valence-corrected chi connectivity index (χ1v) is 6.35. The Hall–Kier alpha value is -0.730. The molecule has 1 aliphatic rings. The zero-order chi connectivity index (χ0) is 10.9. The second-order valence-electron chi connectivity index (χ2n) is 4.51. The molecule has 0 radical (unpaired) electrons. The van der Waals surface area contributed by atoms with E-state index < -0.39 is 0 Å². The summed E-state index contributed by atoms with van der Waals surface area (Å²) >= 11 is 0. The van der Waals surface area contributed by atoms with E-state index >= 15 is 0 Å². The lowest BCUT2D eigenvalue weighted by Crippen LogP contribution is -2.37. The van der Waals surface area contributed by atoms with Crippen LogP contribution >= 0.6 is 0 Å². The first-order valence-electron chi connectivity index (χ1n) is 6.35. The highest BCUT2D eigenvalue weighted by atomic mass is 16.2. The number of urea groups is 1. The number of hydrogen-bond acceptors (Lipinski definition) is 1. The van der Waals surface area contributed by atoms with Crippen molar-refractivity contribution in [3.63, 3.8) is 0 Å². The number of primary amides is 1. The fraction of sp³-hybridized carbons (Fsp3) is 0.917. The minimum absolute atomic E-state index is 0.243. The molecule has 1 saturated heterocycles. The Labute approximate surface area is 93.0 Å². The van der Waals surface area contributed by atoms with Gasteiger partial charge in [0.2, 0.25) is 0 Å². The Balaban J connectivity index is 2.28. The van der Waals surface area contributed by atoms with Gasteiger partial charge >= 0.3 is 6.03 Å². The molecule has 0 aromatic rings. The molecule has 2 amide bonds. The van der Waals surface area contributed by atoms with Crippen LogP contribution in [0, 0.1) is 0 Å². The predicted octanol–water partition coefficient (Wildman–Crippen LogP) is 2.89. The number of rotatable bonds is 0. The third-order valence-electron chi connectivity index (χ3n) is 3.17. The van der Waals surface area contributed by atoms with E-state index in [0.29, 0.717) is 0 Å². The monoisotopic (exact) mass is 212 g/mol. The highest BCUT2D eigenvalue weighted by Crippen LogP contribution is 2.12. The summed E-state index contributed by atoms with van der Waals surface area (Å²) in [6, 6.07) is -0.243. The van der Waals surface area contributed by atoms with Crippen molar-refractivity contribution in [3.05, 3.63) is 0 Å². The average Bonchev–Trinajstić information content (AvgIpc) is 2.18. The third-order valence-corrected chi connectivity index (χ3v) is 3.17. The van der Waals surface area contributed by atoms with Gasteiger partial charge in [0.15, 0.2) is 0 Å². The molecule has 3 heteroatoms. The molecule has 3 nitrogen and oxygen atoms in total. The summed E-state index contributed by atoms with van der Waals surface area (Å²) in [5.41, 5.74) is 5.33. The minimum atomic E-state index is -0.243. The summed E-state index contributed by atoms with van der Waals surface area (Å²) in [6.45, 7) is 1.71. The van der Waals surface area contributed by atoms with Crippen molar-refractivity contribution < 1.29 is 4.79 Å². The van der Waals surface area contributed by atoms with E-state index in [9.17, 15) is 4.79 Å². The second kappa shape index (κ2) is 7.55. The van der Waals surface area contributed by atoms with E-state index in [1.165, 1.54) is 44.9 Å². The molecule has 2 N–H and O–H groups in total. The molecule has 0 bridgehead atoms. The Morgan fingerprint density at radius 2 is 1.07 bits per heavy atom. The summed E-state index contributed by atoms with van der Waals surface area (Å²) in [5, 5.41) is 0. The first kappa shape index (κ1) is 12.3. The van der Waals surface area contributed by atoms with E-state index in [4.69, 9.17) is 5.73 Å². The van der Waals surface area contributed by atoms with Crippen molar-refractivity contribution in [3.8, 4) is 0 Å². The fourth-order valence-electron chi connectivity index (χ4n) is 2.17. The molecular weight excluding hydrogens is 188 g/mol. The number of hydrogen-bond donors (Lipinski definition) is 1. The van der Waals surface area contributed by atoms with Gasteiger partial charge < -0.3 is 10.6 Å². The van der Waals surface area contributed by atoms with Crippen LogP contribution in [-0.4, -0.2) is 24.0 Å². The number of carbonyl (C=O) groups is 1. The van der Waals surface area contributed by atoms with Gasteiger partial charge in [0.05, 0.1) is 0 Å². The lowest BCUT2D eigenvalue weighted by molar-refractivity contribution is 0.204. The van der Waals surface area contributed by atoms with E-state index in [1.807, 2.05) is 4.90 Å². The molecular formula is C12H24N2O. The SMILES string of the molecule is NC(=O)N1CCCCCCCCCCC1. The van der Waals surface area contributed by atoms with Gasteiger partial charge in [0.1, 0.15) is 0 Å². The van der Waals surface area contributed by atoms with Crippen LogP contribution in [0.15, 0.2) is 0 Å². The van der Waals surface area contributed by atoms with E-state index in [2.05, 4.69) is 0 Å². The Morgan fingerprint density at radius 3 is 1.40 bits per heavy atom. The number of nitrogens with zero attached hydrogens (tertiary/aromatic N) is 1. The zero-order valence-corrected chi connectivity index (χ0v) is 9.71. The topological polar surface area (TPSA) is 46.3 Å². The van der Waals surface area contributed by atoms with Crippen LogP contribution in [0.4, 0.5) is 4.79 Å². The molecule has 0 saturated carbocycles. The molecule has 0 unspecified atom stereocenters. The Morgan fingerprint density at radius 1 is 0.733 bits per heavy atom. The zero-order valence-electron chi connectivity index (χ0n) is 9.71. The van der Waals surface area contributed by atoms with Crippen molar-refractivity contribution >= 4 is 6.03 Å². The predicted molar refractivity (Wildman–Crippen MR) is 62.7 cm³/mol. The molecule has 15 heavy (non-hydrogen) atoms. The summed E-state index contributed by atoms with van der Waals surface area (Å²) < 4.78 is 0.